The highest BCUT2D eigenvalue weighted by Crippen LogP contribution is 2.32. The molecule has 0 bridgehead atoms. The number of carbonyl (C=O) groups excluding carboxylic acids is 2. The van der Waals surface area contributed by atoms with Gasteiger partial charge < -0.3 is 14.4 Å². The van der Waals surface area contributed by atoms with Crippen molar-refractivity contribution in [3.8, 4) is 0 Å². The van der Waals surface area contributed by atoms with Gasteiger partial charge in [-0.2, -0.15) is 0 Å². The van der Waals surface area contributed by atoms with E-state index < -0.39 is 0 Å². The number of piperazine rings is 1. The van der Waals surface area contributed by atoms with Crippen molar-refractivity contribution in [2.24, 2.45) is 0 Å². The molecule has 2 aliphatic heterocycles. The van der Waals surface area contributed by atoms with E-state index in [2.05, 4.69) is 9.80 Å². The van der Waals surface area contributed by atoms with Crippen LogP contribution in [0.3, 0.4) is 0 Å². The highest BCUT2D eigenvalue weighted by atomic mass is 16.5. The van der Waals surface area contributed by atoms with Gasteiger partial charge in [0, 0.05) is 57.1 Å². The van der Waals surface area contributed by atoms with Crippen LogP contribution in [0.5, 0.6) is 0 Å². The fourth-order valence-electron chi connectivity index (χ4n) is 4.37. The predicted octanol–water partition coefficient (Wildman–Crippen LogP) is 1.36. The Morgan fingerprint density at radius 3 is 2.33 bits per heavy atom. The van der Waals surface area contributed by atoms with E-state index in [1.807, 2.05) is 47.0 Å². The van der Waals surface area contributed by atoms with E-state index in [0.29, 0.717) is 30.8 Å². The standard InChI is InChI=1S/C23H29N3O4/c27-16-14-24-10-12-25(13-11-24)15-17-30-23(29)19-8-9-26-20(19)6-7-21(26)22(28)18-4-2-1-3-5-18/h1-7,19,27H,8-17H2. The molecule has 1 N–H and O–H groups in total. The van der Waals surface area contributed by atoms with Gasteiger partial charge in [0.05, 0.1) is 18.2 Å². The lowest BCUT2D eigenvalue weighted by Gasteiger charge is -2.34. The molecule has 1 unspecified atom stereocenters. The Balaban J connectivity index is 1.29. The minimum Gasteiger partial charge on any atom is -0.464 e. The molecule has 0 radical (unpaired) electrons. The number of rotatable bonds is 8. The number of aliphatic hydroxyl groups excluding tert-OH is 1. The van der Waals surface area contributed by atoms with Crippen LogP contribution in [0.1, 0.15) is 34.1 Å². The molecule has 0 amide bonds. The summed E-state index contributed by atoms with van der Waals surface area (Å²) < 4.78 is 7.54. The molecule has 7 heteroatoms. The monoisotopic (exact) mass is 411 g/mol. The third kappa shape index (κ3) is 4.48. The van der Waals surface area contributed by atoms with E-state index in [1.165, 1.54) is 0 Å². The van der Waals surface area contributed by atoms with Gasteiger partial charge in [-0.1, -0.05) is 30.3 Å². The zero-order chi connectivity index (χ0) is 20.9. The summed E-state index contributed by atoms with van der Waals surface area (Å²) in [5, 5.41) is 9.02. The molecule has 1 saturated heterocycles. The average molecular weight is 412 g/mol. The lowest BCUT2D eigenvalue weighted by atomic mass is 10.1. The van der Waals surface area contributed by atoms with Crippen molar-refractivity contribution in [2.75, 3.05) is 52.5 Å². The molecule has 2 aromatic rings. The normalized spacial score (nSPS) is 19.6. The molecule has 1 aromatic carbocycles. The lowest BCUT2D eigenvalue weighted by molar-refractivity contribution is -0.146. The second-order valence-corrected chi connectivity index (χ2v) is 7.91. The predicted molar refractivity (Wildman–Crippen MR) is 113 cm³/mol. The van der Waals surface area contributed by atoms with Gasteiger partial charge in [0.2, 0.25) is 5.78 Å². The van der Waals surface area contributed by atoms with Crippen LogP contribution >= 0.6 is 0 Å². The van der Waals surface area contributed by atoms with Gasteiger partial charge >= 0.3 is 5.97 Å². The summed E-state index contributed by atoms with van der Waals surface area (Å²) in [6.45, 7) is 6.40. The molecule has 0 aliphatic carbocycles. The first kappa shape index (κ1) is 20.8. The van der Waals surface area contributed by atoms with Gasteiger partial charge in [0.15, 0.2) is 0 Å². The maximum atomic E-state index is 12.8. The van der Waals surface area contributed by atoms with Crippen molar-refractivity contribution in [3.05, 3.63) is 59.4 Å². The van der Waals surface area contributed by atoms with Crippen LogP contribution in [-0.2, 0) is 16.1 Å². The van der Waals surface area contributed by atoms with E-state index >= 15 is 0 Å². The third-order valence-corrected chi connectivity index (χ3v) is 6.10. The summed E-state index contributed by atoms with van der Waals surface area (Å²) in [4.78, 5) is 30.0. The number of ether oxygens (including phenoxy) is 1. The number of benzene rings is 1. The molecule has 1 aromatic heterocycles. The topological polar surface area (TPSA) is 75.0 Å². The summed E-state index contributed by atoms with van der Waals surface area (Å²) in [6, 6.07) is 12.9. The number of esters is 1. The van der Waals surface area contributed by atoms with Gasteiger partial charge in [0.1, 0.15) is 6.61 Å². The summed E-state index contributed by atoms with van der Waals surface area (Å²) in [5.41, 5.74) is 2.16. The van der Waals surface area contributed by atoms with Crippen molar-refractivity contribution < 1.29 is 19.4 Å². The van der Waals surface area contributed by atoms with E-state index in [9.17, 15) is 9.59 Å². The molecule has 0 spiro atoms. The molecule has 30 heavy (non-hydrogen) atoms. The number of fused-ring (bicyclic) bond motifs is 1. The van der Waals surface area contributed by atoms with Crippen LogP contribution in [0.15, 0.2) is 42.5 Å². The molecular weight excluding hydrogens is 382 g/mol. The first-order valence-electron chi connectivity index (χ1n) is 10.7. The van der Waals surface area contributed by atoms with Gasteiger partial charge in [-0.25, -0.2) is 0 Å². The fourth-order valence-corrected chi connectivity index (χ4v) is 4.37. The van der Waals surface area contributed by atoms with Crippen LogP contribution < -0.4 is 0 Å². The van der Waals surface area contributed by atoms with Gasteiger partial charge in [0.25, 0.3) is 0 Å². The Morgan fingerprint density at radius 1 is 0.933 bits per heavy atom. The smallest absolute Gasteiger partial charge is 0.315 e. The summed E-state index contributed by atoms with van der Waals surface area (Å²) in [7, 11) is 0. The second-order valence-electron chi connectivity index (χ2n) is 7.91. The minimum absolute atomic E-state index is 0.0174. The zero-order valence-electron chi connectivity index (χ0n) is 17.2. The number of ketones is 1. The van der Waals surface area contributed by atoms with Crippen LogP contribution in [-0.4, -0.2) is 83.7 Å². The SMILES string of the molecule is O=C(c1ccccc1)c1ccc2n1CCC2C(=O)OCCN1CCN(CCO)CC1. The van der Waals surface area contributed by atoms with Crippen LogP contribution in [0, 0.1) is 0 Å². The lowest BCUT2D eigenvalue weighted by Crippen LogP contribution is -2.48. The van der Waals surface area contributed by atoms with Crippen molar-refractivity contribution in [3.63, 3.8) is 0 Å². The molecule has 1 fully saturated rings. The number of carbonyl (C=O) groups is 2. The molecule has 3 heterocycles. The first-order valence-corrected chi connectivity index (χ1v) is 10.7. The number of aromatic nitrogens is 1. The van der Waals surface area contributed by atoms with Crippen LogP contribution in [0.4, 0.5) is 0 Å². The Labute approximate surface area is 176 Å². The third-order valence-electron chi connectivity index (χ3n) is 6.10. The van der Waals surface area contributed by atoms with Crippen LogP contribution in [0.2, 0.25) is 0 Å². The largest absolute Gasteiger partial charge is 0.464 e. The van der Waals surface area contributed by atoms with Crippen molar-refractivity contribution in [2.45, 2.75) is 18.9 Å². The van der Waals surface area contributed by atoms with Crippen molar-refractivity contribution in [1.82, 2.24) is 14.4 Å². The van der Waals surface area contributed by atoms with E-state index in [4.69, 9.17) is 9.84 Å². The van der Waals surface area contributed by atoms with Crippen molar-refractivity contribution in [1.29, 1.82) is 0 Å². The summed E-state index contributed by atoms with van der Waals surface area (Å²) >= 11 is 0. The highest BCUT2D eigenvalue weighted by molar-refractivity contribution is 6.08. The zero-order valence-corrected chi connectivity index (χ0v) is 17.2. The molecule has 7 nitrogen and oxygen atoms in total. The Hall–Kier alpha value is -2.48. The first-order chi connectivity index (χ1) is 14.7. The maximum Gasteiger partial charge on any atom is 0.315 e. The summed E-state index contributed by atoms with van der Waals surface area (Å²) in [5.74, 6) is -0.524. The maximum absolute atomic E-state index is 12.8. The molecule has 1 atom stereocenters. The molecule has 0 saturated carbocycles. The molecular formula is C23H29N3O4. The molecule has 2 aliphatic rings. The highest BCUT2D eigenvalue weighted by Gasteiger charge is 2.33. The summed E-state index contributed by atoms with van der Waals surface area (Å²) in [6.07, 6.45) is 0.671. The fraction of sp³-hybridized carbons (Fsp3) is 0.478. The Bertz CT molecular complexity index is 872. The number of hydrogen-bond acceptors (Lipinski definition) is 6. The van der Waals surface area contributed by atoms with Crippen molar-refractivity contribution >= 4 is 11.8 Å². The molecule has 4 rings (SSSR count). The van der Waals surface area contributed by atoms with Gasteiger partial charge in [-0.15, -0.1) is 0 Å². The minimum atomic E-state index is -0.302. The average Bonchev–Trinajstić information content (AvgIpc) is 3.37. The number of nitrogens with zero attached hydrogens (tertiary/aromatic N) is 3. The number of hydrogen-bond donors (Lipinski definition) is 1. The Kier molecular flexibility index (Phi) is 6.62. The Morgan fingerprint density at radius 2 is 1.63 bits per heavy atom. The second kappa shape index (κ2) is 9.55. The van der Waals surface area contributed by atoms with Gasteiger partial charge in [-0.05, 0) is 18.6 Å². The molecule has 160 valence electrons. The van der Waals surface area contributed by atoms with E-state index in [-0.39, 0.29) is 24.3 Å². The van der Waals surface area contributed by atoms with Crippen LogP contribution in [0.25, 0.3) is 0 Å². The quantitative estimate of drug-likeness (QED) is 0.522. The van der Waals surface area contributed by atoms with Gasteiger partial charge in [-0.3, -0.25) is 19.4 Å². The number of β-amino-alcohol motifs (C(OH)–C–C–N with tert-alkyl or cyclic N) is 1. The number of aliphatic hydroxyl groups is 1. The van der Waals surface area contributed by atoms with E-state index in [0.717, 1.165) is 45.0 Å². The van der Waals surface area contributed by atoms with E-state index in [1.54, 1.807) is 0 Å².